The number of hydrogen-bond donors (Lipinski definition) is 1. The highest BCUT2D eigenvalue weighted by molar-refractivity contribution is 7.98. The molecule has 0 atom stereocenters. The molecule has 2 aromatic heterocycles. The van der Waals surface area contributed by atoms with Gasteiger partial charge in [-0.05, 0) is 42.8 Å². The lowest BCUT2D eigenvalue weighted by Crippen LogP contribution is -2.09. The molecule has 150 valence electrons. The zero-order chi connectivity index (χ0) is 20.3. The first kappa shape index (κ1) is 18.8. The third-order valence-electron chi connectivity index (χ3n) is 5.06. The third kappa shape index (κ3) is 3.78. The smallest absolute Gasteiger partial charge is 0.169 e. The van der Waals surface area contributed by atoms with E-state index in [1.54, 1.807) is 11.8 Å². The lowest BCUT2D eigenvalue weighted by molar-refractivity contribution is 0.294. The van der Waals surface area contributed by atoms with E-state index >= 15 is 0 Å². The fourth-order valence-corrected chi connectivity index (χ4v) is 4.46. The van der Waals surface area contributed by atoms with Crippen molar-refractivity contribution in [1.82, 2.24) is 19.5 Å². The lowest BCUT2D eigenvalue weighted by Gasteiger charge is -2.11. The molecule has 0 bridgehead atoms. The SMILES string of the molecule is Cc1ccccc1OCCn1c(SCc2nc3ccccc3[nH]2)nc2ccccc21. The van der Waals surface area contributed by atoms with Gasteiger partial charge in [-0.15, -0.1) is 0 Å². The van der Waals surface area contributed by atoms with Crippen LogP contribution in [0.5, 0.6) is 5.75 Å². The number of rotatable bonds is 7. The highest BCUT2D eigenvalue weighted by atomic mass is 32.2. The van der Waals surface area contributed by atoms with Gasteiger partial charge in [-0.1, -0.05) is 54.2 Å². The molecule has 0 unspecified atom stereocenters. The van der Waals surface area contributed by atoms with Crippen LogP contribution in [0.25, 0.3) is 22.1 Å². The Morgan fingerprint density at radius 3 is 2.53 bits per heavy atom. The molecule has 5 nitrogen and oxygen atoms in total. The van der Waals surface area contributed by atoms with Crippen molar-refractivity contribution in [1.29, 1.82) is 0 Å². The van der Waals surface area contributed by atoms with Gasteiger partial charge in [0, 0.05) is 0 Å². The summed E-state index contributed by atoms with van der Waals surface area (Å²) >= 11 is 1.69. The maximum absolute atomic E-state index is 6.04. The summed E-state index contributed by atoms with van der Waals surface area (Å²) in [6, 6.07) is 24.5. The Morgan fingerprint density at radius 2 is 1.67 bits per heavy atom. The first-order valence-corrected chi connectivity index (χ1v) is 11.0. The second-order valence-electron chi connectivity index (χ2n) is 7.14. The molecule has 0 saturated heterocycles. The highest BCUT2D eigenvalue weighted by Gasteiger charge is 2.13. The summed E-state index contributed by atoms with van der Waals surface area (Å²) in [4.78, 5) is 12.9. The van der Waals surface area contributed by atoms with Crippen LogP contribution in [0.15, 0.2) is 78.0 Å². The number of benzene rings is 3. The minimum Gasteiger partial charge on any atom is -0.491 e. The molecule has 0 saturated carbocycles. The maximum Gasteiger partial charge on any atom is 0.169 e. The van der Waals surface area contributed by atoms with Crippen molar-refractivity contribution in [2.75, 3.05) is 6.61 Å². The number of imidazole rings is 2. The van der Waals surface area contributed by atoms with E-state index in [0.29, 0.717) is 6.61 Å². The van der Waals surface area contributed by atoms with Crippen molar-refractivity contribution in [3.05, 3.63) is 84.2 Å². The van der Waals surface area contributed by atoms with Gasteiger partial charge < -0.3 is 14.3 Å². The number of H-pyrrole nitrogens is 1. The van der Waals surface area contributed by atoms with Gasteiger partial charge in [0.05, 0.1) is 34.4 Å². The highest BCUT2D eigenvalue weighted by Crippen LogP contribution is 2.27. The van der Waals surface area contributed by atoms with E-state index in [2.05, 4.69) is 51.8 Å². The second kappa shape index (κ2) is 8.24. The van der Waals surface area contributed by atoms with E-state index in [1.165, 1.54) is 0 Å². The number of thioether (sulfide) groups is 1. The summed E-state index contributed by atoms with van der Waals surface area (Å²) in [7, 11) is 0. The zero-order valence-electron chi connectivity index (χ0n) is 16.7. The summed E-state index contributed by atoms with van der Waals surface area (Å²) in [5, 5.41) is 0.977. The van der Waals surface area contributed by atoms with Crippen molar-refractivity contribution in [3.8, 4) is 5.75 Å². The average molecular weight is 415 g/mol. The van der Waals surface area contributed by atoms with Crippen LogP contribution in [0.4, 0.5) is 0 Å². The average Bonchev–Trinajstić information content (AvgIpc) is 3.34. The molecular weight excluding hydrogens is 392 g/mol. The number of aromatic nitrogens is 4. The Hall–Kier alpha value is -3.25. The fraction of sp³-hybridized carbons (Fsp3) is 0.167. The van der Waals surface area contributed by atoms with Gasteiger partial charge in [-0.2, -0.15) is 0 Å². The third-order valence-corrected chi connectivity index (χ3v) is 6.05. The lowest BCUT2D eigenvalue weighted by atomic mass is 10.2. The van der Waals surface area contributed by atoms with Crippen LogP contribution in [0.1, 0.15) is 11.4 Å². The molecule has 3 aromatic carbocycles. The summed E-state index contributed by atoms with van der Waals surface area (Å²) < 4.78 is 8.28. The van der Waals surface area contributed by atoms with E-state index in [1.807, 2.05) is 42.5 Å². The molecule has 2 heterocycles. The van der Waals surface area contributed by atoms with Gasteiger partial charge in [0.2, 0.25) is 0 Å². The summed E-state index contributed by atoms with van der Waals surface area (Å²) in [6.07, 6.45) is 0. The Bertz CT molecular complexity index is 1270. The minimum atomic E-state index is 0.587. The van der Waals surface area contributed by atoms with Crippen LogP contribution >= 0.6 is 11.8 Å². The number of ether oxygens (including phenoxy) is 1. The Morgan fingerprint density at radius 1 is 0.900 bits per heavy atom. The van der Waals surface area contributed by atoms with Crippen molar-refractivity contribution in [3.63, 3.8) is 0 Å². The van der Waals surface area contributed by atoms with Crippen LogP contribution in [0, 0.1) is 6.92 Å². The van der Waals surface area contributed by atoms with Crippen LogP contribution in [-0.4, -0.2) is 26.1 Å². The van der Waals surface area contributed by atoms with Gasteiger partial charge >= 0.3 is 0 Å². The Balaban J connectivity index is 1.35. The van der Waals surface area contributed by atoms with Crippen LogP contribution in [0.3, 0.4) is 0 Å². The van der Waals surface area contributed by atoms with Crippen molar-refractivity contribution in [2.45, 2.75) is 24.4 Å². The largest absolute Gasteiger partial charge is 0.491 e. The number of para-hydroxylation sites is 5. The number of aryl methyl sites for hydroxylation is 1. The number of aromatic amines is 1. The van der Waals surface area contributed by atoms with Gasteiger partial charge in [-0.25, -0.2) is 9.97 Å². The molecule has 0 fully saturated rings. The van der Waals surface area contributed by atoms with Gasteiger partial charge in [0.25, 0.3) is 0 Å². The molecule has 0 spiro atoms. The topological polar surface area (TPSA) is 55.7 Å². The first-order valence-electron chi connectivity index (χ1n) is 9.98. The normalized spacial score (nSPS) is 11.4. The van der Waals surface area contributed by atoms with E-state index in [0.717, 1.165) is 56.7 Å². The molecule has 5 rings (SSSR count). The number of nitrogens with one attached hydrogen (secondary N) is 1. The molecule has 0 amide bonds. The molecule has 0 aliphatic rings. The summed E-state index contributed by atoms with van der Waals surface area (Å²) in [5.74, 6) is 2.62. The molecule has 1 N–H and O–H groups in total. The molecule has 0 aliphatic carbocycles. The van der Waals surface area contributed by atoms with Crippen LogP contribution in [0.2, 0.25) is 0 Å². The molecule has 6 heteroatoms. The molecule has 30 heavy (non-hydrogen) atoms. The van der Waals surface area contributed by atoms with Crippen LogP contribution < -0.4 is 4.74 Å². The first-order chi connectivity index (χ1) is 14.8. The minimum absolute atomic E-state index is 0.587. The van der Waals surface area contributed by atoms with E-state index in [9.17, 15) is 0 Å². The van der Waals surface area contributed by atoms with Crippen molar-refractivity contribution < 1.29 is 4.74 Å². The van der Waals surface area contributed by atoms with Crippen molar-refractivity contribution >= 4 is 33.8 Å². The van der Waals surface area contributed by atoms with E-state index in [4.69, 9.17) is 9.72 Å². The number of hydrogen-bond acceptors (Lipinski definition) is 4. The molecular formula is C24H22N4OS. The molecule has 0 aliphatic heterocycles. The molecule has 0 radical (unpaired) electrons. The summed E-state index contributed by atoms with van der Waals surface area (Å²) in [5.41, 5.74) is 5.33. The van der Waals surface area contributed by atoms with E-state index in [-0.39, 0.29) is 0 Å². The van der Waals surface area contributed by atoms with E-state index < -0.39 is 0 Å². The fourth-order valence-electron chi connectivity index (χ4n) is 3.55. The predicted octanol–water partition coefficient (Wildman–Crippen LogP) is 5.59. The monoisotopic (exact) mass is 414 g/mol. The van der Waals surface area contributed by atoms with Crippen molar-refractivity contribution in [2.24, 2.45) is 0 Å². The Labute approximate surface area is 179 Å². The van der Waals surface area contributed by atoms with Gasteiger partial charge in [0.1, 0.15) is 18.2 Å². The van der Waals surface area contributed by atoms with Gasteiger partial charge in [0.15, 0.2) is 5.16 Å². The number of fused-ring (bicyclic) bond motifs is 2. The standard InChI is InChI=1S/C24H22N4OS/c1-17-8-2-7-13-22(17)29-15-14-28-21-12-6-5-11-20(21)27-24(28)30-16-23-25-18-9-3-4-10-19(18)26-23/h2-13H,14-16H2,1H3,(H,25,26). The van der Waals surface area contributed by atoms with Gasteiger partial charge in [-0.3, -0.25) is 0 Å². The number of nitrogens with zero attached hydrogens (tertiary/aromatic N) is 3. The predicted molar refractivity (Wildman–Crippen MR) is 122 cm³/mol. The maximum atomic E-state index is 6.04. The summed E-state index contributed by atoms with van der Waals surface area (Å²) in [6.45, 7) is 3.39. The zero-order valence-corrected chi connectivity index (χ0v) is 17.5. The molecule has 5 aromatic rings. The van der Waals surface area contributed by atoms with Crippen LogP contribution in [-0.2, 0) is 12.3 Å². The quantitative estimate of drug-likeness (QED) is 0.353. The second-order valence-corrected chi connectivity index (χ2v) is 8.08. The Kier molecular flexibility index (Phi) is 5.15.